The van der Waals surface area contributed by atoms with E-state index in [1.165, 1.54) is 18.2 Å². The van der Waals surface area contributed by atoms with Crippen molar-refractivity contribution in [3.05, 3.63) is 46.8 Å². The number of aliphatic hydroxyl groups excluding tert-OH is 1. The molecule has 1 aromatic heterocycles. The molecule has 2 heterocycles. The van der Waals surface area contributed by atoms with Crippen molar-refractivity contribution >= 4 is 17.6 Å². The molecule has 3 rings (SSSR count). The van der Waals surface area contributed by atoms with Crippen molar-refractivity contribution < 1.29 is 14.6 Å². The Morgan fingerprint density at radius 1 is 1.32 bits per heavy atom. The Morgan fingerprint density at radius 2 is 2.16 bits per heavy atom. The molecule has 7 heteroatoms. The monoisotopic (exact) mass is 342 g/mol. The summed E-state index contributed by atoms with van der Waals surface area (Å²) in [7, 11) is 1.39. The van der Waals surface area contributed by atoms with Crippen LogP contribution in [0.1, 0.15) is 27.3 Å². The zero-order valence-electron chi connectivity index (χ0n) is 14.5. The highest BCUT2D eigenvalue weighted by molar-refractivity contribution is 5.89. The molecule has 0 saturated carbocycles. The van der Waals surface area contributed by atoms with Gasteiger partial charge in [-0.3, -0.25) is 0 Å². The molecular weight excluding hydrogens is 320 g/mol. The van der Waals surface area contributed by atoms with Gasteiger partial charge in [0.1, 0.15) is 17.5 Å². The molecular formula is C18H22N4O3. The Bertz CT molecular complexity index is 779. The lowest BCUT2D eigenvalue weighted by atomic mass is 9.97. The van der Waals surface area contributed by atoms with Gasteiger partial charge in [-0.2, -0.15) is 0 Å². The third kappa shape index (κ3) is 3.88. The van der Waals surface area contributed by atoms with Crippen LogP contribution in [0.2, 0.25) is 0 Å². The molecule has 0 fully saturated rings. The molecule has 0 amide bonds. The predicted octanol–water partition coefficient (Wildman–Crippen LogP) is 1.54. The molecule has 1 aliphatic rings. The van der Waals surface area contributed by atoms with Crippen LogP contribution >= 0.6 is 0 Å². The van der Waals surface area contributed by atoms with Gasteiger partial charge in [0.25, 0.3) is 0 Å². The summed E-state index contributed by atoms with van der Waals surface area (Å²) < 4.78 is 4.79. The first-order valence-electron chi connectivity index (χ1n) is 8.26. The average molecular weight is 342 g/mol. The van der Waals surface area contributed by atoms with Crippen molar-refractivity contribution in [1.82, 2.24) is 9.97 Å². The molecule has 25 heavy (non-hydrogen) atoms. The number of aromatic nitrogens is 2. The van der Waals surface area contributed by atoms with E-state index < -0.39 is 0 Å². The lowest BCUT2D eigenvalue weighted by Gasteiger charge is -2.30. The predicted molar refractivity (Wildman–Crippen MR) is 94.9 cm³/mol. The minimum absolute atomic E-state index is 0.0536. The molecule has 0 atom stereocenters. The largest absolute Gasteiger partial charge is 0.465 e. The number of carbonyl (C=O) groups excluding carboxylic acids is 1. The van der Waals surface area contributed by atoms with Gasteiger partial charge in [-0.25, -0.2) is 14.8 Å². The molecule has 0 unspecified atom stereocenters. The van der Waals surface area contributed by atoms with Gasteiger partial charge >= 0.3 is 5.97 Å². The van der Waals surface area contributed by atoms with Crippen LogP contribution in [-0.2, 0) is 17.7 Å². The molecule has 0 aliphatic carbocycles. The molecule has 1 aliphatic heterocycles. The van der Waals surface area contributed by atoms with Crippen LogP contribution in [0.25, 0.3) is 0 Å². The van der Waals surface area contributed by atoms with E-state index in [-0.39, 0.29) is 12.6 Å². The Morgan fingerprint density at radius 3 is 2.92 bits per heavy atom. The number of benzene rings is 1. The number of esters is 1. The topological polar surface area (TPSA) is 87.6 Å². The number of nitrogens with one attached hydrogen (secondary N) is 1. The van der Waals surface area contributed by atoms with Gasteiger partial charge in [0.2, 0.25) is 0 Å². The van der Waals surface area contributed by atoms with E-state index in [4.69, 9.17) is 9.84 Å². The molecule has 0 radical (unpaired) electrons. The van der Waals surface area contributed by atoms with Crippen molar-refractivity contribution in [1.29, 1.82) is 0 Å². The van der Waals surface area contributed by atoms with E-state index >= 15 is 0 Å². The van der Waals surface area contributed by atoms with Crippen LogP contribution in [-0.4, -0.2) is 47.8 Å². The Kier molecular flexibility index (Phi) is 5.14. The minimum atomic E-state index is -0.309. The van der Waals surface area contributed by atoms with Crippen molar-refractivity contribution in [2.45, 2.75) is 19.9 Å². The SMILES string of the molecule is COC(=O)c1ccc2c(c1)CCN(c1cc(NCCO)nc(C)n1)C2. The second-order valence-corrected chi connectivity index (χ2v) is 5.96. The third-order valence-electron chi connectivity index (χ3n) is 4.21. The van der Waals surface area contributed by atoms with Crippen LogP contribution in [0.5, 0.6) is 0 Å². The summed E-state index contributed by atoms with van der Waals surface area (Å²) in [4.78, 5) is 22.7. The number of aliphatic hydroxyl groups is 1. The number of aryl methyl sites for hydroxylation is 1. The molecule has 2 N–H and O–H groups in total. The molecule has 1 aromatic carbocycles. The van der Waals surface area contributed by atoms with Crippen LogP contribution in [0.4, 0.5) is 11.6 Å². The quantitative estimate of drug-likeness (QED) is 0.797. The fraction of sp³-hybridized carbons (Fsp3) is 0.389. The zero-order valence-corrected chi connectivity index (χ0v) is 14.5. The first-order chi connectivity index (χ1) is 12.1. The highest BCUT2D eigenvalue weighted by Crippen LogP contribution is 2.25. The van der Waals surface area contributed by atoms with E-state index in [1.807, 2.05) is 25.1 Å². The number of rotatable bonds is 5. The van der Waals surface area contributed by atoms with Crippen LogP contribution in [0.3, 0.4) is 0 Å². The normalized spacial score (nSPS) is 13.3. The number of fused-ring (bicyclic) bond motifs is 1. The van der Waals surface area contributed by atoms with Crippen molar-refractivity contribution in [3.8, 4) is 0 Å². The summed E-state index contributed by atoms with van der Waals surface area (Å²) >= 11 is 0. The van der Waals surface area contributed by atoms with Gasteiger partial charge in [-0.15, -0.1) is 0 Å². The van der Waals surface area contributed by atoms with E-state index in [0.29, 0.717) is 23.8 Å². The number of hydrogen-bond donors (Lipinski definition) is 2. The number of hydrogen-bond acceptors (Lipinski definition) is 7. The minimum Gasteiger partial charge on any atom is -0.465 e. The third-order valence-corrected chi connectivity index (χ3v) is 4.21. The lowest BCUT2D eigenvalue weighted by molar-refractivity contribution is 0.0600. The maximum Gasteiger partial charge on any atom is 0.337 e. The average Bonchev–Trinajstić information content (AvgIpc) is 2.64. The highest BCUT2D eigenvalue weighted by Gasteiger charge is 2.20. The van der Waals surface area contributed by atoms with E-state index in [9.17, 15) is 4.79 Å². The fourth-order valence-electron chi connectivity index (χ4n) is 2.98. The lowest BCUT2D eigenvalue weighted by Crippen LogP contribution is -2.31. The standard InChI is InChI=1S/C18H22N4O3/c1-12-20-16(19-6-8-23)10-17(21-12)22-7-5-13-9-14(18(24)25-2)3-4-15(13)11-22/h3-4,9-10,23H,5-8,11H2,1-2H3,(H,19,20,21). The zero-order chi connectivity index (χ0) is 17.8. The molecule has 0 saturated heterocycles. The first kappa shape index (κ1) is 17.2. The molecule has 0 bridgehead atoms. The number of nitrogens with zero attached hydrogens (tertiary/aromatic N) is 3. The number of ether oxygens (including phenoxy) is 1. The summed E-state index contributed by atoms with van der Waals surface area (Å²) in [5.41, 5.74) is 2.94. The molecule has 7 nitrogen and oxygen atoms in total. The summed E-state index contributed by atoms with van der Waals surface area (Å²) in [6, 6.07) is 7.59. The number of methoxy groups -OCH3 is 1. The van der Waals surface area contributed by atoms with Crippen LogP contribution in [0, 0.1) is 6.92 Å². The summed E-state index contributed by atoms with van der Waals surface area (Å²) in [5, 5.41) is 12.0. The van der Waals surface area contributed by atoms with Crippen molar-refractivity contribution in [3.63, 3.8) is 0 Å². The van der Waals surface area contributed by atoms with Gasteiger partial charge in [0.15, 0.2) is 0 Å². The summed E-state index contributed by atoms with van der Waals surface area (Å²) in [6.45, 7) is 3.90. The van der Waals surface area contributed by atoms with Crippen LogP contribution < -0.4 is 10.2 Å². The van der Waals surface area contributed by atoms with E-state index in [0.717, 1.165) is 25.3 Å². The van der Waals surface area contributed by atoms with Gasteiger partial charge in [-0.05, 0) is 36.6 Å². The highest BCUT2D eigenvalue weighted by atomic mass is 16.5. The van der Waals surface area contributed by atoms with Crippen molar-refractivity contribution in [2.75, 3.05) is 37.0 Å². The number of carbonyl (C=O) groups is 1. The van der Waals surface area contributed by atoms with Crippen LogP contribution in [0.15, 0.2) is 24.3 Å². The van der Waals surface area contributed by atoms with Gasteiger partial charge in [-0.1, -0.05) is 6.07 Å². The van der Waals surface area contributed by atoms with Gasteiger partial charge in [0, 0.05) is 25.7 Å². The summed E-state index contributed by atoms with van der Waals surface area (Å²) in [5.74, 6) is 1.94. The second-order valence-electron chi connectivity index (χ2n) is 5.96. The maximum absolute atomic E-state index is 11.7. The van der Waals surface area contributed by atoms with Gasteiger partial charge in [0.05, 0.1) is 19.3 Å². The Labute approximate surface area is 146 Å². The Hall–Kier alpha value is -2.67. The smallest absolute Gasteiger partial charge is 0.337 e. The fourth-order valence-corrected chi connectivity index (χ4v) is 2.98. The molecule has 2 aromatic rings. The Balaban J connectivity index is 1.81. The second kappa shape index (κ2) is 7.48. The molecule has 0 spiro atoms. The first-order valence-corrected chi connectivity index (χ1v) is 8.26. The summed E-state index contributed by atoms with van der Waals surface area (Å²) in [6.07, 6.45) is 0.836. The van der Waals surface area contributed by atoms with E-state index in [2.05, 4.69) is 20.2 Å². The van der Waals surface area contributed by atoms with Crippen molar-refractivity contribution in [2.24, 2.45) is 0 Å². The molecule has 132 valence electrons. The van der Waals surface area contributed by atoms with E-state index in [1.54, 1.807) is 6.07 Å². The number of anilines is 2. The maximum atomic E-state index is 11.7. The van der Waals surface area contributed by atoms with Gasteiger partial charge < -0.3 is 20.1 Å².